The predicted octanol–water partition coefficient (Wildman–Crippen LogP) is 3.52. The summed E-state index contributed by atoms with van der Waals surface area (Å²) in [5.41, 5.74) is 4.80. The van der Waals surface area contributed by atoms with Crippen LogP contribution in [0.15, 0.2) is 67.3 Å². The Balaban J connectivity index is 1.13. The van der Waals surface area contributed by atoms with E-state index in [1.54, 1.807) is 23.0 Å². The fourth-order valence-electron chi connectivity index (χ4n) is 5.44. The van der Waals surface area contributed by atoms with Crippen molar-refractivity contribution in [2.45, 2.75) is 51.9 Å². The largest absolute Gasteiger partial charge is 0.545 e. The van der Waals surface area contributed by atoms with E-state index in [0.29, 0.717) is 30.6 Å². The number of carbonyl (C=O) groups excluding carboxylic acids is 1. The first-order valence-electron chi connectivity index (χ1n) is 13.8. The van der Waals surface area contributed by atoms with Gasteiger partial charge in [-0.1, -0.05) is 29.8 Å². The fraction of sp³-hybridized carbons (Fsp3) is 0.333. The molecule has 10 nitrogen and oxygen atoms in total. The van der Waals surface area contributed by atoms with Gasteiger partial charge < -0.3 is 23.9 Å². The van der Waals surface area contributed by atoms with Crippen molar-refractivity contribution in [2.24, 2.45) is 0 Å². The molecule has 0 radical (unpaired) electrons. The van der Waals surface area contributed by atoms with E-state index in [0.717, 1.165) is 66.3 Å². The molecule has 0 N–H and O–H groups in total. The number of rotatable bonds is 10. The third-order valence-electron chi connectivity index (χ3n) is 7.76. The number of carbonyl (C=O) groups is 1. The van der Waals surface area contributed by atoms with Gasteiger partial charge in [0, 0.05) is 23.7 Å². The van der Waals surface area contributed by atoms with E-state index in [4.69, 9.17) is 21.4 Å². The van der Waals surface area contributed by atoms with Gasteiger partial charge in [0.25, 0.3) is 0 Å². The van der Waals surface area contributed by atoms with Gasteiger partial charge in [-0.05, 0) is 74.3 Å². The van der Waals surface area contributed by atoms with Crippen molar-refractivity contribution in [2.75, 3.05) is 13.1 Å². The highest BCUT2D eigenvalue weighted by atomic mass is 35.5. The van der Waals surface area contributed by atoms with Gasteiger partial charge in [0.2, 0.25) is 0 Å². The first kappa shape index (κ1) is 27.0. The maximum Gasteiger partial charge on any atom is 0.142 e. The molecule has 1 aliphatic heterocycles. The Labute approximate surface area is 242 Å². The van der Waals surface area contributed by atoms with Crippen molar-refractivity contribution in [3.63, 3.8) is 0 Å². The first-order valence-corrected chi connectivity index (χ1v) is 14.2. The van der Waals surface area contributed by atoms with E-state index in [9.17, 15) is 9.90 Å². The lowest BCUT2D eigenvalue weighted by molar-refractivity contribution is -0.255. The van der Waals surface area contributed by atoms with E-state index in [1.165, 1.54) is 0 Å². The minimum Gasteiger partial charge on any atom is -0.545 e. The average molecular weight is 573 g/mol. The maximum atomic E-state index is 11.6. The number of benzene rings is 2. The summed E-state index contributed by atoms with van der Waals surface area (Å²) >= 11 is 5.96. The van der Waals surface area contributed by atoms with Crippen LogP contribution in [-0.2, 0) is 26.2 Å². The maximum absolute atomic E-state index is 11.6. The summed E-state index contributed by atoms with van der Waals surface area (Å²) in [6.45, 7) is 6.33. The van der Waals surface area contributed by atoms with Gasteiger partial charge in [0.05, 0.1) is 54.0 Å². The van der Waals surface area contributed by atoms with Crippen molar-refractivity contribution in [3.8, 4) is 0 Å². The quantitative estimate of drug-likeness (QED) is 0.252. The molecule has 0 unspecified atom stereocenters. The molecule has 2 aromatic carbocycles. The number of halogens is 1. The summed E-state index contributed by atoms with van der Waals surface area (Å²) in [5, 5.41) is 16.9. The summed E-state index contributed by atoms with van der Waals surface area (Å²) in [4.78, 5) is 30.6. The summed E-state index contributed by atoms with van der Waals surface area (Å²) in [5.74, 6) is 0.0624. The van der Waals surface area contributed by atoms with Gasteiger partial charge in [-0.25, -0.2) is 9.97 Å². The zero-order valence-corrected chi connectivity index (χ0v) is 23.6. The molecule has 0 atom stereocenters. The summed E-state index contributed by atoms with van der Waals surface area (Å²) in [6, 6.07) is 14.6. The van der Waals surface area contributed by atoms with Crippen LogP contribution < -0.4 is 9.94 Å². The molecule has 1 fully saturated rings. The van der Waals surface area contributed by atoms with Gasteiger partial charge in [-0.3, -0.25) is 4.90 Å². The number of fused-ring (bicyclic) bond motifs is 1. The van der Waals surface area contributed by atoms with Crippen molar-refractivity contribution in [3.05, 3.63) is 101 Å². The molecule has 0 spiro atoms. The molecule has 41 heavy (non-hydrogen) atoms. The van der Waals surface area contributed by atoms with Crippen molar-refractivity contribution in [1.29, 1.82) is 0 Å². The van der Waals surface area contributed by atoms with Gasteiger partial charge >= 0.3 is 0 Å². The van der Waals surface area contributed by atoms with Crippen LogP contribution in [0.1, 0.15) is 58.8 Å². The molecular formula is C30H31ClN7O3-. The lowest BCUT2D eigenvalue weighted by Crippen LogP contribution is -2.33. The molecular weight excluding hydrogens is 542 g/mol. The minimum absolute atomic E-state index is 0.145. The number of hydrogen-bond donors (Lipinski definition) is 0. The molecule has 4 heterocycles. The third kappa shape index (κ3) is 5.98. The molecule has 1 saturated heterocycles. The van der Waals surface area contributed by atoms with Crippen LogP contribution in [0.5, 0.6) is 0 Å². The SMILES string of the molecule is CCn1cncc1Cn1c(CN2CCC(c3ccn(OCc4ccc(Cl)cc4)n3)CC2)nc2ccc(C(=O)[O-])cc21. The Morgan fingerprint density at radius 1 is 1.10 bits per heavy atom. The van der Waals surface area contributed by atoms with Crippen LogP contribution in [0.2, 0.25) is 5.02 Å². The number of carboxylic acids is 1. The highest BCUT2D eigenvalue weighted by molar-refractivity contribution is 6.30. The smallest absolute Gasteiger partial charge is 0.142 e. The number of nitrogens with zero attached hydrogens (tertiary/aromatic N) is 7. The number of imidazole rings is 2. The lowest BCUT2D eigenvalue weighted by atomic mass is 9.94. The Morgan fingerprint density at radius 2 is 1.90 bits per heavy atom. The molecule has 5 aromatic rings. The van der Waals surface area contributed by atoms with Crippen LogP contribution in [0.4, 0.5) is 0 Å². The molecule has 0 bridgehead atoms. The average Bonchev–Trinajstić information content (AvgIpc) is 3.72. The van der Waals surface area contributed by atoms with Gasteiger partial charge in [0.1, 0.15) is 12.4 Å². The Morgan fingerprint density at radius 3 is 2.66 bits per heavy atom. The van der Waals surface area contributed by atoms with Crippen LogP contribution in [0.3, 0.4) is 0 Å². The molecule has 0 aliphatic carbocycles. The Kier molecular flexibility index (Phi) is 7.76. The second-order valence-corrected chi connectivity index (χ2v) is 10.8. The topological polar surface area (TPSA) is 106 Å². The minimum atomic E-state index is -1.19. The standard InChI is InChI=1S/C30H32ClN7O3/c1-2-36-20-32-16-25(36)17-37-28-15-23(30(39)40)5-8-27(28)33-29(37)18-35-12-9-22(10-13-35)26-11-14-38(34-26)41-19-21-3-6-24(31)7-4-21/h3-8,11,14-16,20,22H,2,9-10,12-13,17-19H2,1H3,(H,39,40)/p-1. The zero-order chi connectivity index (χ0) is 28.3. The second-order valence-electron chi connectivity index (χ2n) is 10.4. The Bertz CT molecular complexity index is 1650. The lowest BCUT2D eigenvalue weighted by Gasteiger charge is -2.31. The first-order chi connectivity index (χ1) is 20.0. The highest BCUT2D eigenvalue weighted by Gasteiger charge is 2.24. The number of aryl methyl sites for hydroxylation is 1. The third-order valence-corrected chi connectivity index (χ3v) is 8.01. The van der Waals surface area contributed by atoms with E-state index in [-0.39, 0.29) is 5.56 Å². The normalized spacial score (nSPS) is 14.6. The summed E-state index contributed by atoms with van der Waals surface area (Å²) in [7, 11) is 0. The summed E-state index contributed by atoms with van der Waals surface area (Å²) < 4.78 is 4.19. The molecule has 1 aliphatic rings. The van der Waals surface area contributed by atoms with Crippen molar-refractivity contribution in [1.82, 2.24) is 33.9 Å². The predicted molar refractivity (Wildman–Crippen MR) is 152 cm³/mol. The number of aromatic nitrogens is 6. The molecule has 0 amide bonds. The van der Waals surface area contributed by atoms with Gasteiger partial charge in [-0.15, -0.1) is 9.94 Å². The van der Waals surface area contributed by atoms with Crippen molar-refractivity contribution >= 4 is 28.6 Å². The monoisotopic (exact) mass is 572 g/mol. The number of hydrogen-bond acceptors (Lipinski definition) is 7. The number of likely N-dealkylation sites (tertiary alicyclic amines) is 1. The zero-order valence-electron chi connectivity index (χ0n) is 22.8. The number of carboxylic acid groups (broad SMARTS) is 1. The molecule has 3 aromatic heterocycles. The van der Waals surface area contributed by atoms with Crippen LogP contribution in [0.25, 0.3) is 11.0 Å². The van der Waals surface area contributed by atoms with E-state index in [2.05, 4.69) is 31.0 Å². The fourth-order valence-corrected chi connectivity index (χ4v) is 5.57. The van der Waals surface area contributed by atoms with Crippen LogP contribution >= 0.6 is 11.6 Å². The summed E-state index contributed by atoms with van der Waals surface area (Å²) in [6.07, 6.45) is 7.49. The molecule has 212 valence electrons. The Hall–Kier alpha value is -4.15. The molecule has 6 rings (SSSR count). The van der Waals surface area contributed by atoms with E-state index in [1.807, 2.05) is 49.1 Å². The highest BCUT2D eigenvalue weighted by Crippen LogP contribution is 2.28. The molecule has 0 saturated carbocycles. The number of piperidine rings is 1. The van der Waals surface area contributed by atoms with E-state index < -0.39 is 5.97 Å². The second kappa shape index (κ2) is 11.8. The van der Waals surface area contributed by atoms with E-state index >= 15 is 0 Å². The van der Waals surface area contributed by atoms with Gasteiger partial charge in [0.15, 0.2) is 0 Å². The molecule has 11 heteroatoms. The van der Waals surface area contributed by atoms with Gasteiger partial charge in [-0.2, -0.15) is 0 Å². The van der Waals surface area contributed by atoms with Crippen molar-refractivity contribution < 1.29 is 14.7 Å². The van der Waals surface area contributed by atoms with Crippen LogP contribution in [-0.4, -0.2) is 53.0 Å². The number of aromatic carboxylic acids is 1. The van der Waals surface area contributed by atoms with Crippen LogP contribution in [0, 0.1) is 0 Å².